The van der Waals surface area contributed by atoms with Crippen molar-refractivity contribution in [2.75, 3.05) is 18.9 Å². The number of nitriles is 1. The van der Waals surface area contributed by atoms with Gasteiger partial charge in [0.1, 0.15) is 11.1 Å². The van der Waals surface area contributed by atoms with Gasteiger partial charge in [0.2, 0.25) is 0 Å². The third-order valence-electron chi connectivity index (χ3n) is 3.46. The Morgan fingerprint density at radius 3 is 2.78 bits per heavy atom. The van der Waals surface area contributed by atoms with Gasteiger partial charge in [0, 0.05) is 17.1 Å². The molecule has 0 saturated carbocycles. The van der Waals surface area contributed by atoms with Gasteiger partial charge in [0.05, 0.1) is 29.9 Å². The van der Waals surface area contributed by atoms with Crippen LogP contribution in [0.1, 0.15) is 23.7 Å². The first-order chi connectivity index (χ1) is 12.7. The first-order valence-electron chi connectivity index (χ1n) is 7.73. The van der Waals surface area contributed by atoms with Crippen molar-refractivity contribution >= 4 is 23.8 Å². The van der Waals surface area contributed by atoms with E-state index in [1.165, 1.54) is 13.0 Å². The largest absolute Gasteiger partial charge is 0.463 e. The zero-order valence-corrected chi connectivity index (χ0v) is 15.2. The predicted molar refractivity (Wildman–Crippen MR) is 89.6 cm³/mol. The first kappa shape index (κ1) is 20.6. The Hall–Kier alpha value is -2.74. The van der Waals surface area contributed by atoms with E-state index in [0.717, 1.165) is 17.8 Å². The highest BCUT2D eigenvalue weighted by atomic mass is 32.2. The molecule has 7 nitrogen and oxygen atoms in total. The van der Waals surface area contributed by atoms with E-state index in [1.807, 2.05) is 0 Å². The lowest BCUT2D eigenvalue weighted by Crippen LogP contribution is -2.44. The summed E-state index contributed by atoms with van der Waals surface area (Å²) in [4.78, 5) is 27.5. The van der Waals surface area contributed by atoms with Gasteiger partial charge in [0.15, 0.2) is 0 Å². The number of pyridine rings is 1. The lowest BCUT2D eigenvalue weighted by molar-refractivity contribution is -0.139. The van der Waals surface area contributed by atoms with E-state index < -0.39 is 29.3 Å². The molecule has 0 fully saturated rings. The lowest BCUT2D eigenvalue weighted by Gasteiger charge is -2.21. The summed E-state index contributed by atoms with van der Waals surface area (Å²) < 4.78 is 44.4. The van der Waals surface area contributed by atoms with E-state index in [0.29, 0.717) is 0 Å². The van der Waals surface area contributed by atoms with E-state index in [4.69, 9.17) is 4.74 Å². The maximum absolute atomic E-state index is 13.2. The number of halogens is 3. The molecule has 1 aromatic rings. The molecule has 2 heterocycles. The SMILES string of the molecule is CCOC(=O)C1=C(CSc2nc(C)cc(C(F)(F)F)c2C#N)NC(=O)NC1. The summed E-state index contributed by atoms with van der Waals surface area (Å²) in [5, 5.41) is 13.9. The second-order valence-electron chi connectivity index (χ2n) is 5.37. The molecule has 0 bridgehead atoms. The fraction of sp³-hybridized carbons (Fsp3) is 0.375. The maximum Gasteiger partial charge on any atom is 0.417 e. The average molecular weight is 400 g/mol. The van der Waals surface area contributed by atoms with Gasteiger partial charge >= 0.3 is 18.2 Å². The molecule has 0 unspecified atom stereocenters. The molecule has 2 amide bonds. The van der Waals surface area contributed by atoms with E-state index in [9.17, 15) is 28.0 Å². The highest BCUT2D eigenvalue weighted by Gasteiger charge is 2.35. The summed E-state index contributed by atoms with van der Waals surface area (Å²) in [6.45, 7) is 3.07. The quantitative estimate of drug-likeness (QED) is 0.581. The number of carbonyl (C=O) groups is 2. The molecule has 2 N–H and O–H groups in total. The Morgan fingerprint density at radius 1 is 1.48 bits per heavy atom. The van der Waals surface area contributed by atoms with E-state index in [1.54, 1.807) is 6.92 Å². The van der Waals surface area contributed by atoms with Gasteiger partial charge in [0.25, 0.3) is 0 Å². The maximum atomic E-state index is 13.2. The number of thioether (sulfide) groups is 1. The van der Waals surface area contributed by atoms with Crippen LogP contribution in [0.4, 0.5) is 18.0 Å². The minimum Gasteiger partial charge on any atom is -0.463 e. The summed E-state index contributed by atoms with van der Waals surface area (Å²) in [5.74, 6) is -0.710. The monoisotopic (exact) mass is 400 g/mol. The highest BCUT2D eigenvalue weighted by Crippen LogP contribution is 2.36. The van der Waals surface area contributed by atoms with Crippen molar-refractivity contribution in [1.29, 1.82) is 5.26 Å². The Morgan fingerprint density at radius 2 is 2.19 bits per heavy atom. The Kier molecular flexibility index (Phi) is 6.32. The van der Waals surface area contributed by atoms with Gasteiger partial charge in [-0.3, -0.25) is 0 Å². The number of amides is 2. The van der Waals surface area contributed by atoms with E-state index in [2.05, 4.69) is 15.6 Å². The highest BCUT2D eigenvalue weighted by molar-refractivity contribution is 7.99. The van der Waals surface area contributed by atoms with Crippen LogP contribution in [0, 0.1) is 18.3 Å². The van der Waals surface area contributed by atoms with Gasteiger partial charge in [-0.2, -0.15) is 18.4 Å². The number of nitrogens with one attached hydrogen (secondary N) is 2. The van der Waals surface area contributed by atoms with Crippen LogP contribution in [0.5, 0.6) is 0 Å². The van der Waals surface area contributed by atoms with Crippen LogP contribution in [0.15, 0.2) is 22.4 Å². The molecular formula is C16H15F3N4O3S. The van der Waals surface area contributed by atoms with Crippen molar-refractivity contribution in [3.8, 4) is 6.07 Å². The summed E-state index contributed by atoms with van der Waals surface area (Å²) >= 11 is 0.822. The van der Waals surface area contributed by atoms with Crippen LogP contribution >= 0.6 is 11.8 Å². The van der Waals surface area contributed by atoms with Crippen molar-refractivity contribution < 1.29 is 27.5 Å². The second kappa shape index (κ2) is 8.30. The standard InChI is InChI=1S/C16H15F3N4O3S/c1-3-26-14(24)10-6-21-15(25)23-12(10)7-27-13-9(5-20)11(16(17,18)19)4-8(2)22-13/h4H,3,6-7H2,1-2H3,(H2,21,23,25). The third kappa shape index (κ3) is 4.91. The van der Waals surface area contributed by atoms with Crippen LogP contribution in [0.2, 0.25) is 0 Å². The van der Waals surface area contributed by atoms with Crippen LogP contribution in [0.3, 0.4) is 0 Å². The third-order valence-corrected chi connectivity index (χ3v) is 4.46. The molecule has 0 spiro atoms. The summed E-state index contributed by atoms with van der Waals surface area (Å²) in [6.07, 6.45) is -4.70. The molecule has 0 aliphatic carbocycles. The molecule has 1 aliphatic rings. The lowest BCUT2D eigenvalue weighted by atomic mass is 10.1. The molecular weight excluding hydrogens is 385 g/mol. The van der Waals surface area contributed by atoms with Crippen molar-refractivity contribution in [2.24, 2.45) is 0 Å². The first-order valence-corrected chi connectivity index (χ1v) is 8.71. The Bertz CT molecular complexity index is 847. The minimum atomic E-state index is -4.70. The number of hydrogen-bond donors (Lipinski definition) is 2. The molecule has 27 heavy (non-hydrogen) atoms. The predicted octanol–water partition coefficient (Wildman–Crippen LogP) is 2.50. The van der Waals surface area contributed by atoms with Gasteiger partial charge in [-0.15, -0.1) is 0 Å². The molecule has 0 radical (unpaired) electrons. The number of esters is 1. The molecule has 0 saturated heterocycles. The average Bonchev–Trinajstić information content (AvgIpc) is 2.58. The summed E-state index contributed by atoms with van der Waals surface area (Å²) in [5.41, 5.74) is -1.22. The number of ether oxygens (including phenoxy) is 1. The number of hydrogen-bond acceptors (Lipinski definition) is 6. The number of alkyl halides is 3. The summed E-state index contributed by atoms with van der Waals surface area (Å²) in [7, 11) is 0. The second-order valence-corrected chi connectivity index (χ2v) is 6.34. The molecule has 1 aromatic heterocycles. The number of carbonyl (C=O) groups excluding carboxylic acids is 2. The van der Waals surface area contributed by atoms with Crippen molar-refractivity contribution in [2.45, 2.75) is 25.0 Å². The van der Waals surface area contributed by atoms with E-state index >= 15 is 0 Å². The Labute approximate surface area is 157 Å². The zero-order valence-electron chi connectivity index (χ0n) is 14.4. The van der Waals surface area contributed by atoms with Crippen molar-refractivity contribution in [3.63, 3.8) is 0 Å². The van der Waals surface area contributed by atoms with Crippen molar-refractivity contribution in [1.82, 2.24) is 15.6 Å². The number of rotatable bonds is 5. The molecule has 1 aliphatic heterocycles. The number of urea groups is 1. The molecule has 144 valence electrons. The number of aromatic nitrogens is 1. The smallest absolute Gasteiger partial charge is 0.417 e. The van der Waals surface area contributed by atoms with Gasteiger partial charge < -0.3 is 15.4 Å². The van der Waals surface area contributed by atoms with Crippen molar-refractivity contribution in [3.05, 3.63) is 34.2 Å². The number of nitrogens with zero attached hydrogens (tertiary/aromatic N) is 2. The minimum absolute atomic E-state index is 0.0655. The molecule has 0 atom stereocenters. The van der Waals surface area contributed by atoms with E-state index in [-0.39, 0.29) is 40.9 Å². The summed E-state index contributed by atoms with van der Waals surface area (Å²) in [6, 6.07) is 1.79. The normalized spacial score (nSPS) is 14.3. The van der Waals surface area contributed by atoms with Gasteiger partial charge in [-0.1, -0.05) is 11.8 Å². The fourth-order valence-corrected chi connectivity index (χ4v) is 3.33. The Balaban J connectivity index is 2.36. The topological polar surface area (TPSA) is 104 Å². The molecule has 2 rings (SSSR count). The fourth-order valence-electron chi connectivity index (χ4n) is 2.29. The molecule has 0 aromatic carbocycles. The van der Waals surface area contributed by atoms with Gasteiger partial charge in [-0.05, 0) is 19.9 Å². The van der Waals surface area contributed by atoms with Crippen LogP contribution < -0.4 is 10.6 Å². The number of aryl methyl sites for hydroxylation is 1. The van der Waals surface area contributed by atoms with Crippen LogP contribution in [-0.4, -0.2) is 35.9 Å². The zero-order chi connectivity index (χ0) is 20.2. The molecule has 11 heteroatoms. The van der Waals surface area contributed by atoms with Crippen LogP contribution in [0.25, 0.3) is 0 Å². The van der Waals surface area contributed by atoms with Crippen LogP contribution in [-0.2, 0) is 15.7 Å². The van der Waals surface area contributed by atoms with Gasteiger partial charge in [-0.25, -0.2) is 14.6 Å².